The summed E-state index contributed by atoms with van der Waals surface area (Å²) >= 11 is 5.92. The van der Waals surface area contributed by atoms with Crippen molar-refractivity contribution in [2.75, 3.05) is 12.4 Å². The number of aryl methyl sites for hydroxylation is 2. The minimum Gasteiger partial charge on any atom is -0.497 e. The Morgan fingerprint density at radius 1 is 1.32 bits per heavy atom. The monoisotopic (exact) mass is 318 g/mol. The van der Waals surface area contributed by atoms with Crippen LogP contribution in [-0.4, -0.2) is 18.0 Å². The van der Waals surface area contributed by atoms with Crippen LogP contribution in [0.3, 0.4) is 0 Å². The molecule has 1 heterocycles. The highest BCUT2D eigenvalue weighted by molar-refractivity contribution is 6.30. The zero-order valence-electron chi connectivity index (χ0n) is 12.9. The fourth-order valence-corrected chi connectivity index (χ4v) is 2.39. The van der Waals surface area contributed by atoms with E-state index in [9.17, 15) is 4.79 Å². The Labute approximate surface area is 135 Å². The summed E-state index contributed by atoms with van der Waals surface area (Å²) in [5.41, 5.74) is 2.91. The lowest BCUT2D eigenvalue weighted by molar-refractivity contribution is -0.115. The zero-order chi connectivity index (χ0) is 16.1. The van der Waals surface area contributed by atoms with E-state index in [0.29, 0.717) is 17.3 Å². The van der Waals surface area contributed by atoms with Crippen LogP contribution in [0, 0.1) is 6.92 Å². The molecule has 2 aromatic rings. The minimum absolute atomic E-state index is 0.0993. The molecule has 0 bridgehead atoms. The van der Waals surface area contributed by atoms with Gasteiger partial charge in [0, 0.05) is 6.20 Å². The molecule has 1 N–H and O–H groups in total. The van der Waals surface area contributed by atoms with E-state index in [-0.39, 0.29) is 5.91 Å². The third-order valence-electron chi connectivity index (χ3n) is 3.47. The molecule has 0 saturated heterocycles. The van der Waals surface area contributed by atoms with Crippen molar-refractivity contribution in [2.24, 2.45) is 0 Å². The van der Waals surface area contributed by atoms with Crippen molar-refractivity contribution in [2.45, 2.75) is 26.7 Å². The molecule has 1 amide bonds. The standard InChI is InChI=1S/C17H19ClN2O2/c1-4-12-8-14(18)10-19-17(12)20-16(21)9-13-5-6-15(22-3)7-11(13)2/h5-8,10H,4,9H2,1-3H3,(H,19,20,21). The van der Waals surface area contributed by atoms with Crippen molar-refractivity contribution < 1.29 is 9.53 Å². The molecule has 22 heavy (non-hydrogen) atoms. The van der Waals surface area contributed by atoms with Crippen molar-refractivity contribution in [3.63, 3.8) is 0 Å². The number of ether oxygens (including phenoxy) is 1. The van der Waals surface area contributed by atoms with E-state index < -0.39 is 0 Å². The number of anilines is 1. The van der Waals surface area contributed by atoms with E-state index in [1.807, 2.05) is 38.1 Å². The summed E-state index contributed by atoms with van der Waals surface area (Å²) in [5, 5.41) is 3.42. The number of carbonyl (C=O) groups excluding carboxylic acids is 1. The molecule has 1 aromatic heterocycles. The predicted molar refractivity (Wildman–Crippen MR) is 88.7 cm³/mol. The molecule has 116 valence electrons. The molecule has 0 aliphatic carbocycles. The lowest BCUT2D eigenvalue weighted by atomic mass is 10.0. The topological polar surface area (TPSA) is 51.2 Å². The Balaban J connectivity index is 2.10. The smallest absolute Gasteiger partial charge is 0.229 e. The van der Waals surface area contributed by atoms with Gasteiger partial charge in [-0.2, -0.15) is 0 Å². The van der Waals surface area contributed by atoms with Gasteiger partial charge in [0.1, 0.15) is 11.6 Å². The molecule has 0 unspecified atom stereocenters. The SMILES string of the molecule is CCc1cc(Cl)cnc1NC(=O)Cc1ccc(OC)cc1C. The number of hydrogen-bond donors (Lipinski definition) is 1. The van der Waals surface area contributed by atoms with Gasteiger partial charge in [-0.25, -0.2) is 4.98 Å². The number of pyridine rings is 1. The van der Waals surface area contributed by atoms with Gasteiger partial charge in [0.2, 0.25) is 5.91 Å². The fraction of sp³-hybridized carbons (Fsp3) is 0.294. The third-order valence-corrected chi connectivity index (χ3v) is 3.68. The van der Waals surface area contributed by atoms with E-state index in [0.717, 1.165) is 28.9 Å². The molecule has 0 radical (unpaired) electrons. The molecule has 0 spiro atoms. The van der Waals surface area contributed by atoms with Crippen LogP contribution >= 0.6 is 11.6 Å². The quantitative estimate of drug-likeness (QED) is 0.912. The Morgan fingerprint density at radius 3 is 2.73 bits per heavy atom. The molecule has 0 atom stereocenters. The largest absolute Gasteiger partial charge is 0.497 e. The maximum Gasteiger partial charge on any atom is 0.229 e. The summed E-state index contributed by atoms with van der Waals surface area (Å²) in [6.45, 7) is 3.96. The molecule has 5 heteroatoms. The summed E-state index contributed by atoms with van der Waals surface area (Å²) in [7, 11) is 1.62. The van der Waals surface area contributed by atoms with Gasteiger partial charge in [0.05, 0.1) is 18.6 Å². The first-order valence-corrected chi connectivity index (χ1v) is 7.49. The molecule has 1 aromatic carbocycles. The van der Waals surface area contributed by atoms with Gasteiger partial charge >= 0.3 is 0 Å². The van der Waals surface area contributed by atoms with Gasteiger partial charge in [-0.05, 0) is 48.2 Å². The van der Waals surface area contributed by atoms with Gasteiger partial charge < -0.3 is 10.1 Å². The molecule has 0 aliphatic heterocycles. The number of aromatic nitrogens is 1. The average molecular weight is 319 g/mol. The Bertz CT molecular complexity index is 686. The van der Waals surface area contributed by atoms with Gasteiger partial charge in [0.15, 0.2) is 0 Å². The van der Waals surface area contributed by atoms with Crippen LogP contribution in [0.25, 0.3) is 0 Å². The summed E-state index contributed by atoms with van der Waals surface area (Å²) in [5.74, 6) is 1.26. The van der Waals surface area contributed by atoms with E-state index in [4.69, 9.17) is 16.3 Å². The van der Waals surface area contributed by atoms with Crippen LogP contribution in [0.4, 0.5) is 5.82 Å². The van der Waals surface area contributed by atoms with E-state index in [1.54, 1.807) is 7.11 Å². The molecule has 2 rings (SSSR count). The second-order valence-corrected chi connectivity index (χ2v) is 5.47. The number of hydrogen-bond acceptors (Lipinski definition) is 3. The summed E-state index contributed by atoms with van der Waals surface area (Å²) in [4.78, 5) is 16.4. The van der Waals surface area contributed by atoms with Crippen LogP contribution in [0.2, 0.25) is 5.02 Å². The molecule has 4 nitrogen and oxygen atoms in total. The predicted octanol–water partition coefficient (Wildman–Crippen LogP) is 3.80. The normalized spacial score (nSPS) is 10.4. The first-order valence-electron chi connectivity index (χ1n) is 7.11. The summed E-state index contributed by atoms with van der Waals surface area (Å²) in [6, 6.07) is 7.50. The lowest BCUT2D eigenvalue weighted by Crippen LogP contribution is -2.17. The number of benzene rings is 1. The molecular weight excluding hydrogens is 300 g/mol. The highest BCUT2D eigenvalue weighted by atomic mass is 35.5. The van der Waals surface area contributed by atoms with Crippen LogP contribution < -0.4 is 10.1 Å². The van der Waals surface area contributed by atoms with Crippen LogP contribution in [0.5, 0.6) is 5.75 Å². The average Bonchev–Trinajstić information content (AvgIpc) is 2.51. The molecule has 0 fully saturated rings. The molecule has 0 aliphatic rings. The van der Waals surface area contributed by atoms with Crippen molar-refractivity contribution >= 4 is 23.3 Å². The second kappa shape index (κ2) is 7.27. The Kier molecular flexibility index (Phi) is 5.39. The second-order valence-electron chi connectivity index (χ2n) is 5.03. The van der Waals surface area contributed by atoms with Crippen LogP contribution in [-0.2, 0) is 17.6 Å². The van der Waals surface area contributed by atoms with Crippen molar-refractivity contribution in [1.29, 1.82) is 0 Å². The van der Waals surface area contributed by atoms with Crippen molar-refractivity contribution in [3.05, 3.63) is 52.2 Å². The van der Waals surface area contributed by atoms with Crippen molar-refractivity contribution in [1.82, 2.24) is 4.98 Å². The van der Waals surface area contributed by atoms with Gasteiger partial charge in [0.25, 0.3) is 0 Å². The minimum atomic E-state index is -0.0993. The fourth-order valence-electron chi connectivity index (χ4n) is 2.21. The van der Waals surface area contributed by atoms with E-state index >= 15 is 0 Å². The third kappa shape index (κ3) is 3.98. The Morgan fingerprint density at radius 2 is 2.09 bits per heavy atom. The molecule has 0 saturated carbocycles. The summed E-state index contributed by atoms with van der Waals surface area (Å²) < 4.78 is 5.17. The van der Waals surface area contributed by atoms with Gasteiger partial charge in [-0.1, -0.05) is 24.6 Å². The number of rotatable bonds is 5. The number of halogens is 1. The number of nitrogens with zero attached hydrogens (tertiary/aromatic N) is 1. The van der Waals surface area contributed by atoms with E-state index in [2.05, 4.69) is 10.3 Å². The Hall–Kier alpha value is -2.07. The maximum absolute atomic E-state index is 12.2. The number of methoxy groups -OCH3 is 1. The first kappa shape index (κ1) is 16.3. The number of amides is 1. The van der Waals surface area contributed by atoms with Gasteiger partial charge in [-0.3, -0.25) is 4.79 Å². The maximum atomic E-state index is 12.2. The number of carbonyl (C=O) groups is 1. The van der Waals surface area contributed by atoms with Gasteiger partial charge in [-0.15, -0.1) is 0 Å². The van der Waals surface area contributed by atoms with Crippen LogP contribution in [0.15, 0.2) is 30.5 Å². The number of nitrogens with one attached hydrogen (secondary N) is 1. The first-order chi connectivity index (χ1) is 10.5. The van der Waals surface area contributed by atoms with Crippen molar-refractivity contribution in [3.8, 4) is 5.75 Å². The highest BCUT2D eigenvalue weighted by Gasteiger charge is 2.10. The zero-order valence-corrected chi connectivity index (χ0v) is 13.7. The highest BCUT2D eigenvalue weighted by Crippen LogP contribution is 2.20. The van der Waals surface area contributed by atoms with Crippen LogP contribution in [0.1, 0.15) is 23.6 Å². The molecular formula is C17H19ClN2O2. The van der Waals surface area contributed by atoms with E-state index in [1.165, 1.54) is 6.20 Å². The lowest BCUT2D eigenvalue weighted by Gasteiger charge is -2.11. The summed E-state index contributed by atoms with van der Waals surface area (Å²) in [6.07, 6.45) is 2.59.